The third-order valence-corrected chi connectivity index (χ3v) is 14.6. The van der Waals surface area contributed by atoms with Gasteiger partial charge in [-0.2, -0.15) is 5.10 Å². The smallest absolute Gasteiger partial charge is 0.242 e. The number of hydrogen-bond donors (Lipinski definition) is 1. The second-order valence-electron chi connectivity index (χ2n) is 16.2. The number of phenols is 1. The van der Waals surface area contributed by atoms with Crippen LogP contribution in [0, 0.1) is 41.9 Å². The van der Waals surface area contributed by atoms with Gasteiger partial charge < -0.3 is 14.6 Å². The molecule has 2 aliphatic carbocycles. The highest BCUT2D eigenvalue weighted by atomic mass is 35.5. The number of anilines is 2. The molecule has 12 nitrogen and oxygen atoms in total. The van der Waals surface area contributed by atoms with Gasteiger partial charge in [-0.1, -0.05) is 35.4 Å². The van der Waals surface area contributed by atoms with E-state index in [4.69, 9.17) is 26.2 Å². The Morgan fingerprint density at radius 1 is 0.950 bits per heavy atom. The molecule has 0 unspecified atom stereocenters. The van der Waals surface area contributed by atoms with Gasteiger partial charge in [0.05, 0.1) is 48.0 Å². The van der Waals surface area contributed by atoms with Crippen molar-refractivity contribution in [2.45, 2.75) is 33.6 Å². The van der Waals surface area contributed by atoms with E-state index in [0.29, 0.717) is 33.3 Å². The number of allylic oxidation sites excluding steroid dienone is 3. The Morgan fingerprint density at radius 3 is 2.32 bits per heavy atom. The molecule has 2 aliphatic heterocycles. The number of imide groups is 2. The number of halogens is 1. The average molecular weight is 845 g/mol. The van der Waals surface area contributed by atoms with Crippen molar-refractivity contribution >= 4 is 80.0 Å². The van der Waals surface area contributed by atoms with Crippen molar-refractivity contribution in [1.29, 1.82) is 0 Å². The lowest BCUT2D eigenvalue weighted by molar-refractivity contribution is -0.132. The molecule has 1 saturated carbocycles. The monoisotopic (exact) mass is 844 g/mol. The summed E-state index contributed by atoms with van der Waals surface area (Å²) in [6.45, 7) is 5.26. The molecule has 0 bridgehead atoms. The number of aromatic nitrogens is 2. The number of thiophene rings is 1. The number of nitrogens with zero attached hydrogens (tertiary/aromatic N) is 4. The molecule has 4 amide bonds. The number of hydrogen-bond acceptors (Lipinski definition) is 10. The van der Waals surface area contributed by atoms with E-state index in [9.17, 15) is 24.3 Å². The number of methoxy groups -OCH3 is 2. The number of ether oxygens (including phenoxy) is 2. The zero-order valence-electron chi connectivity index (χ0n) is 33.7. The quantitative estimate of drug-likeness (QED) is 0.0928. The van der Waals surface area contributed by atoms with E-state index >= 15 is 4.79 Å². The standard InChI is InChI=1S/C46H41ClN4O8S/c1-22-30-19-26(47)10-16-37(30)60-41(22)34-21-38(49(4)48-34)51-43(55)33-20-31-28(13-14-29-39(31)44(56)50(42(29)54)27-11-8-25(9-12-27)23(2)52)32(46(33,3)45(51)57)15-7-24-17-35(58-5)40(53)36(18-24)59-6/h7-13,15-19,21,29,31-33,39,53H,14,20H2,1-6H3/t29-,31+,32-,33-,39-,46-/m0/s1. The molecule has 3 aromatic carbocycles. The average Bonchev–Trinajstić information content (AvgIpc) is 3.90. The normalized spacial score (nSPS) is 24.9. The first-order chi connectivity index (χ1) is 28.7. The lowest BCUT2D eigenvalue weighted by Gasteiger charge is -2.47. The molecule has 4 heterocycles. The van der Waals surface area contributed by atoms with Gasteiger partial charge in [0.2, 0.25) is 29.4 Å². The fraction of sp³-hybridized carbons (Fsp3) is 0.304. The van der Waals surface area contributed by atoms with Crippen LogP contribution in [-0.2, 0) is 26.2 Å². The minimum atomic E-state index is -1.30. The number of carbonyl (C=O) groups is 5. The Hall–Kier alpha value is -6.05. The van der Waals surface area contributed by atoms with Crippen LogP contribution in [0.15, 0.2) is 78.4 Å². The molecule has 2 saturated heterocycles. The van der Waals surface area contributed by atoms with Gasteiger partial charge in [-0.3, -0.25) is 33.6 Å². The van der Waals surface area contributed by atoms with Crippen molar-refractivity contribution in [2.75, 3.05) is 24.0 Å². The number of phenolic OH excluding ortho intramolecular Hbond substituents is 1. The van der Waals surface area contributed by atoms with Crippen LogP contribution in [0.3, 0.4) is 0 Å². The minimum absolute atomic E-state index is 0.135. The van der Waals surface area contributed by atoms with Crippen LogP contribution >= 0.6 is 22.9 Å². The van der Waals surface area contributed by atoms with Crippen LogP contribution in [-0.4, -0.2) is 58.5 Å². The van der Waals surface area contributed by atoms with Crippen LogP contribution in [0.5, 0.6) is 17.2 Å². The molecule has 6 atom stereocenters. The van der Waals surface area contributed by atoms with Gasteiger partial charge in [0, 0.05) is 34.3 Å². The number of amides is 4. The molecule has 0 radical (unpaired) electrons. The second kappa shape index (κ2) is 14.3. The molecule has 2 aromatic heterocycles. The molecule has 0 spiro atoms. The van der Waals surface area contributed by atoms with E-state index < -0.39 is 46.8 Å². The number of ketones is 1. The van der Waals surface area contributed by atoms with Crippen molar-refractivity contribution < 1.29 is 38.6 Å². The molecule has 5 aromatic rings. The van der Waals surface area contributed by atoms with Gasteiger partial charge in [0.25, 0.3) is 0 Å². The zero-order chi connectivity index (χ0) is 42.5. The zero-order valence-corrected chi connectivity index (χ0v) is 35.3. The number of aryl methyl sites for hydroxylation is 2. The Morgan fingerprint density at radius 2 is 1.65 bits per heavy atom. The third kappa shape index (κ3) is 5.76. The van der Waals surface area contributed by atoms with Gasteiger partial charge >= 0.3 is 0 Å². The largest absolute Gasteiger partial charge is 0.502 e. The highest BCUT2D eigenvalue weighted by Gasteiger charge is 2.67. The fourth-order valence-electron chi connectivity index (χ4n) is 9.97. The predicted molar refractivity (Wildman–Crippen MR) is 228 cm³/mol. The van der Waals surface area contributed by atoms with Gasteiger partial charge in [-0.05, 0) is 111 Å². The van der Waals surface area contributed by atoms with E-state index in [0.717, 1.165) is 26.1 Å². The highest BCUT2D eigenvalue weighted by molar-refractivity contribution is 7.22. The first-order valence-electron chi connectivity index (χ1n) is 19.6. The maximum Gasteiger partial charge on any atom is 0.242 e. The SMILES string of the molecule is COc1cc(C=C[C@H]2C3=CC[C@@H]4C(=O)N(c5ccc(C(C)=O)cc5)C(=O)[C@@H]4[C@@H]3C[C@H]3C(=O)N(c4cc(-c5sc6ccc(Cl)cc6c5C)nn4C)C(=O)[C@@]23C)cc(OC)c1O. The van der Waals surface area contributed by atoms with Crippen molar-refractivity contribution in [3.63, 3.8) is 0 Å². The number of rotatable bonds is 8. The summed E-state index contributed by atoms with van der Waals surface area (Å²) in [5.41, 5.74) is 2.56. The van der Waals surface area contributed by atoms with Gasteiger partial charge in [0.15, 0.2) is 17.3 Å². The Kier molecular flexibility index (Phi) is 9.40. The predicted octanol–water partition coefficient (Wildman–Crippen LogP) is 8.17. The summed E-state index contributed by atoms with van der Waals surface area (Å²) in [4.78, 5) is 74.1. The summed E-state index contributed by atoms with van der Waals surface area (Å²) in [6.07, 6.45) is 6.10. The van der Waals surface area contributed by atoms with Crippen LogP contribution < -0.4 is 19.3 Å². The van der Waals surface area contributed by atoms with E-state index in [1.165, 1.54) is 30.9 Å². The number of carbonyl (C=O) groups excluding carboxylic acids is 5. The molecule has 1 N–H and O–H groups in total. The maximum atomic E-state index is 15.2. The van der Waals surface area contributed by atoms with Crippen molar-refractivity contribution in [3.8, 4) is 27.8 Å². The lowest BCUT2D eigenvalue weighted by atomic mass is 9.52. The minimum Gasteiger partial charge on any atom is -0.502 e. The summed E-state index contributed by atoms with van der Waals surface area (Å²) in [7, 11) is 4.57. The molecular weight excluding hydrogens is 804 g/mol. The fourth-order valence-corrected chi connectivity index (χ4v) is 11.3. The van der Waals surface area contributed by atoms with Gasteiger partial charge in [0.1, 0.15) is 11.5 Å². The number of fused-ring (bicyclic) bond motifs is 5. The Bertz CT molecular complexity index is 2740. The van der Waals surface area contributed by atoms with Crippen molar-refractivity contribution in [2.24, 2.45) is 42.1 Å². The Balaban J connectivity index is 1.14. The molecule has 4 aliphatic rings. The molecular formula is C46H41ClN4O8S. The summed E-state index contributed by atoms with van der Waals surface area (Å²) in [6, 6.07) is 17.2. The first kappa shape index (κ1) is 39.4. The molecule has 3 fully saturated rings. The third-order valence-electron chi connectivity index (χ3n) is 13.1. The molecule has 14 heteroatoms. The van der Waals surface area contributed by atoms with E-state index in [2.05, 4.69) is 0 Å². The highest BCUT2D eigenvalue weighted by Crippen LogP contribution is 2.61. The summed E-state index contributed by atoms with van der Waals surface area (Å²) >= 11 is 7.89. The van der Waals surface area contributed by atoms with Crippen LogP contribution in [0.25, 0.3) is 26.7 Å². The molecule has 306 valence electrons. The maximum absolute atomic E-state index is 15.2. The Labute approximate surface area is 354 Å². The van der Waals surface area contributed by atoms with Crippen molar-refractivity contribution in [1.82, 2.24) is 9.78 Å². The number of aromatic hydroxyl groups is 1. The van der Waals surface area contributed by atoms with E-state index in [1.54, 1.807) is 71.6 Å². The van der Waals surface area contributed by atoms with Crippen LogP contribution in [0.1, 0.15) is 48.2 Å². The van der Waals surface area contributed by atoms with E-state index in [-0.39, 0.29) is 47.7 Å². The van der Waals surface area contributed by atoms with Crippen LogP contribution in [0.2, 0.25) is 5.02 Å². The van der Waals surface area contributed by atoms with Crippen LogP contribution in [0.4, 0.5) is 11.5 Å². The molecule has 60 heavy (non-hydrogen) atoms. The topological polar surface area (TPSA) is 148 Å². The van der Waals surface area contributed by atoms with Gasteiger partial charge in [-0.15, -0.1) is 11.3 Å². The summed E-state index contributed by atoms with van der Waals surface area (Å²) in [5.74, 6) is -4.63. The second-order valence-corrected chi connectivity index (χ2v) is 17.7. The summed E-state index contributed by atoms with van der Waals surface area (Å²) in [5, 5.41) is 17.1. The van der Waals surface area contributed by atoms with Crippen molar-refractivity contribution in [3.05, 3.63) is 100 Å². The first-order valence-corrected chi connectivity index (χ1v) is 20.8. The number of benzene rings is 3. The number of Topliss-reactive ketones (excluding diaryl/α,β-unsaturated/α-hetero) is 1. The molecule has 9 rings (SSSR count). The van der Waals surface area contributed by atoms with E-state index in [1.807, 2.05) is 44.2 Å². The lowest BCUT2D eigenvalue weighted by Crippen LogP contribution is -2.49. The van der Waals surface area contributed by atoms with Gasteiger partial charge in [-0.25, -0.2) is 4.90 Å². The summed E-state index contributed by atoms with van der Waals surface area (Å²) < 4.78 is 13.4.